The van der Waals surface area contributed by atoms with Crippen LogP contribution in [-0.4, -0.2) is 50.3 Å². The van der Waals surface area contributed by atoms with Gasteiger partial charge in [0.25, 0.3) is 0 Å². The van der Waals surface area contributed by atoms with Crippen LogP contribution in [0.1, 0.15) is 70.8 Å². The van der Waals surface area contributed by atoms with Crippen molar-refractivity contribution in [2.24, 2.45) is 5.92 Å². The molecule has 1 aromatic carbocycles. The fraction of sp³-hybridized carbons (Fsp3) is 0.739. The molecule has 0 unspecified atom stereocenters. The number of nitrogens with zero attached hydrogens (tertiary/aromatic N) is 2. The smallest absolute Gasteiger partial charge is 0.304 e. The lowest BCUT2D eigenvalue weighted by Gasteiger charge is -2.34. The van der Waals surface area contributed by atoms with E-state index < -0.39 is 21.8 Å². The third-order valence-electron chi connectivity index (χ3n) is 6.67. The summed E-state index contributed by atoms with van der Waals surface area (Å²) in [6, 6.07) is 3.68. The van der Waals surface area contributed by atoms with Gasteiger partial charge in [-0.3, -0.25) is 0 Å². The number of benzene rings is 1. The minimum atomic E-state index is -4.47. The monoisotopic (exact) mass is 462 g/mol. The van der Waals surface area contributed by atoms with Crippen molar-refractivity contribution in [2.45, 2.75) is 82.3 Å². The Balaban J connectivity index is 1.80. The lowest BCUT2D eigenvalue weighted by molar-refractivity contribution is -0.137. The van der Waals surface area contributed by atoms with Crippen LogP contribution in [0.25, 0.3) is 0 Å². The highest BCUT2D eigenvalue weighted by atomic mass is 32.2. The van der Waals surface area contributed by atoms with Crippen LogP contribution in [0.15, 0.2) is 29.2 Å². The van der Waals surface area contributed by atoms with E-state index in [0.717, 1.165) is 69.6 Å². The fourth-order valence-electron chi connectivity index (χ4n) is 4.46. The Morgan fingerprint density at radius 3 is 2.03 bits per heavy atom. The molecule has 0 amide bonds. The Labute approximate surface area is 185 Å². The molecule has 0 aliphatic heterocycles. The van der Waals surface area contributed by atoms with Crippen molar-refractivity contribution < 1.29 is 21.6 Å². The van der Waals surface area contributed by atoms with Gasteiger partial charge in [-0.25, -0.2) is 8.42 Å². The number of alkyl halides is 3. The lowest BCUT2D eigenvalue weighted by Crippen LogP contribution is -2.39. The zero-order valence-electron chi connectivity index (χ0n) is 19.0. The van der Waals surface area contributed by atoms with Crippen LogP contribution in [-0.2, 0) is 16.2 Å². The van der Waals surface area contributed by atoms with Gasteiger partial charge in [-0.15, -0.1) is 0 Å². The molecule has 0 spiro atoms. The predicted octanol–water partition coefficient (Wildman–Crippen LogP) is 5.79. The normalized spacial score (nSPS) is 20.5. The van der Waals surface area contributed by atoms with Crippen LogP contribution in [0.2, 0.25) is 0 Å². The molecule has 0 atom stereocenters. The third-order valence-corrected chi connectivity index (χ3v) is 8.59. The summed E-state index contributed by atoms with van der Waals surface area (Å²) < 4.78 is 65.3. The van der Waals surface area contributed by atoms with E-state index in [9.17, 15) is 21.6 Å². The Hall–Kier alpha value is -1.12. The lowest BCUT2D eigenvalue weighted by atomic mass is 9.83. The average Bonchev–Trinajstić information content (AvgIpc) is 2.75. The minimum Gasteiger partial charge on any atom is -0.304 e. The van der Waals surface area contributed by atoms with Gasteiger partial charge in [-0.2, -0.15) is 17.5 Å². The van der Waals surface area contributed by atoms with E-state index in [-0.39, 0.29) is 10.9 Å². The SMILES string of the molecule is CCN(CC)CCCCCC1CCC(N(C)S(=O)(=O)c2ccc(C(F)(F)F)cc2)CC1. The van der Waals surface area contributed by atoms with Gasteiger partial charge in [0, 0.05) is 13.1 Å². The molecule has 31 heavy (non-hydrogen) atoms. The first kappa shape index (κ1) is 26.1. The molecule has 1 fully saturated rings. The maximum atomic E-state index is 12.9. The number of sulfonamides is 1. The molecule has 0 heterocycles. The second-order valence-corrected chi connectivity index (χ2v) is 10.6. The van der Waals surface area contributed by atoms with E-state index in [1.165, 1.54) is 30.0 Å². The van der Waals surface area contributed by atoms with Crippen LogP contribution in [0.4, 0.5) is 13.2 Å². The summed E-state index contributed by atoms with van der Waals surface area (Å²) in [5.41, 5.74) is -0.841. The second-order valence-electron chi connectivity index (χ2n) is 8.59. The zero-order valence-corrected chi connectivity index (χ0v) is 19.8. The topological polar surface area (TPSA) is 40.6 Å². The number of rotatable bonds is 11. The Kier molecular flexibility index (Phi) is 9.83. The predicted molar refractivity (Wildman–Crippen MR) is 118 cm³/mol. The van der Waals surface area contributed by atoms with Gasteiger partial charge in [-0.05, 0) is 81.9 Å². The quantitative estimate of drug-likeness (QED) is 0.391. The van der Waals surface area contributed by atoms with E-state index >= 15 is 0 Å². The third kappa shape index (κ3) is 7.46. The minimum absolute atomic E-state index is 0.0849. The van der Waals surface area contributed by atoms with Gasteiger partial charge in [0.2, 0.25) is 10.0 Å². The fourth-order valence-corrected chi connectivity index (χ4v) is 5.88. The first-order valence-electron chi connectivity index (χ1n) is 11.5. The highest BCUT2D eigenvalue weighted by molar-refractivity contribution is 7.89. The summed E-state index contributed by atoms with van der Waals surface area (Å²) in [4.78, 5) is 2.36. The van der Waals surface area contributed by atoms with E-state index in [1.54, 1.807) is 7.05 Å². The van der Waals surface area contributed by atoms with Gasteiger partial charge in [-0.1, -0.05) is 33.1 Å². The molecule has 0 N–H and O–H groups in total. The van der Waals surface area contributed by atoms with Gasteiger partial charge in [0.05, 0.1) is 10.5 Å². The molecule has 0 saturated heterocycles. The van der Waals surface area contributed by atoms with E-state index in [0.29, 0.717) is 5.92 Å². The van der Waals surface area contributed by atoms with Gasteiger partial charge in [0.15, 0.2) is 0 Å². The molecule has 1 saturated carbocycles. The van der Waals surface area contributed by atoms with Gasteiger partial charge < -0.3 is 4.90 Å². The largest absolute Gasteiger partial charge is 0.416 e. The van der Waals surface area contributed by atoms with Crippen LogP contribution in [0.3, 0.4) is 0 Å². The number of hydrogen-bond acceptors (Lipinski definition) is 3. The summed E-state index contributed by atoms with van der Waals surface area (Å²) in [6.07, 6.45) is 4.03. The summed E-state index contributed by atoms with van der Waals surface area (Å²) in [6.45, 7) is 7.74. The van der Waals surface area contributed by atoms with Gasteiger partial charge in [0.1, 0.15) is 0 Å². The van der Waals surface area contributed by atoms with Crippen molar-refractivity contribution in [2.75, 3.05) is 26.7 Å². The first-order valence-corrected chi connectivity index (χ1v) is 12.9. The summed E-state index contributed by atoms with van der Waals surface area (Å²) in [7, 11) is -2.25. The molecule has 0 aromatic heterocycles. The van der Waals surface area contributed by atoms with Crippen molar-refractivity contribution >= 4 is 10.0 Å². The number of halogens is 3. The van der Waals surface area contributed by atoms with Gasteiger partial charge >= 0.3 is 6.18 Å². The maximum absolute atomic E-state index is 12.9. The molecule has 4 nitrogen and oxygen atoms in total. The first-order chi connectivity index (χ1) is 14.6. The van der Waals surface area contributed by atoms with Crippen LogP contribution in [0, 0.1) is 5.92 Å². The van der Waals surface area contributed by atoms with E-state index in [4.69, 9.17) is 0 Å². The van der Waals surface area contributed by atoms with Crippen molar-refractivity contribution in [1.82, 2.24) is 9.21 Å². The molecule has 178 valence electrons. The molecular formula is C23H37F3N2O2S. The highest BCUT2D eigenvalue weighted by Gasteiger charge is 2.33. The van der Waals surface area contributed by atoms with Crippen molar-refractivity contribution in [1.29, 1.82) is 0 Å². The molecule has 0 bridgehead atoms. The maximum Gasteiger partial charge on any atom is 0.416 e. The summed E-state index contributed by atoms with van der Waals surface area (Å²) in [5.74, 6) is 0.645. The molecular weight excluding hydrogens is 425 g/mol. The molecule has 1 aliphatic rings. The van der Waals surface area contributed by atoms with Crippen molar-refractivity contribution in [3.05, 3.63) is 29.8 Å². The van der Waals surface area contributed by atoms with Crippen LogP contribution in [0.5, 0.6) is 0 Å². The summed E-state index contributed by atoms with van der Waals surface area (Å²) >= 11 is 0. The standard InChI is InChI=1S/C23H37F3N2O2S/c1-4-28(5-2)18-8-6-7-9-19-10-14-21(15-11-19)27(3)31(29,30)22-16-12-20(13-17-22)23(24,25)26/h12-13,16-17,19,21H,4-11,14-15,18H2,1-3H3. The second kappa shape index (κ2) is 11.7. The van der Waals surface area contributed by atoms with Crippen LogP contribution >= 0.6 is 0 Å². The Morgan fingerprint density at radius 2 is 1.52 bits per heavy atom. The number of hydrogen-bond donors (Lipinski definition) is 0. The highest BCUT2D eigenvalue weighted by Crippen LogP contribution is 2.34. The Bertz CT molecular complexity index is 754. The van der Waals surface area contributed by atoms with Crippen molar-refractivity contribution in [3.8, 4) is 0 Å². The number of unbranched alkanes of at least 4 members (excludes halogenated alkanes) is 2. The molecule has 0 radical (unpaired) electrons. The average molecular weight is 463 g/mol. The summed E-state index contributed by atoms with van der Waals surface area (Å²) in [5, 5.41) is 0. The zero-order chi connectivity index (χ0) is 23.1. The molecule has 8 heteroatoms. The molecule has 1 aliphatic carbocycles. The Morgan fingerprint density at radius 1 is 0.935 bits per heavy atom. The van der Waals surface area contributed by atoms with E-state index in [1.807, 2.05) is 0 Å². The van der Waals surface area contributed by atoms with Crippen molar-refractivity contribution in [3.63, 3.8) is 0 Å². The molecule has 1 aromatic rings. The van der Waals surface area contributed by atoms with Crippen LogP contribution < -0.4 is 0 Å². The molecule has 2 rings (SSSR count). The van der Waals surface area contributed by atoms with E-state index in [2.05, 4.69) is 18.7 Å².